The standard InChI is InChI=1S/C11H20O2/c1-2-3-4-5-6-7-8-9-10-11(12)13/h9-10H,2-8H2,1H3,(H,12,13)/p-1/b10-9+. The zero-order valence-corrected chi connectivity index (χ0v) is 8.42. The molecule has 2 heteroatoms. The monoisotopic (exact) mass is 183 g/mol. The Bertz CT molecular complexity index is 150. The Hall–Kier alpha value is -0.790. The molecule has 0 fully saturated rings. The van der Waals surface area contributed by atoms with E-state index >= 15 is 0 Å². The van der Waals surface area contributed by atoms with Crippen molar-refractivity contribution < 1.29 is 9.90 Å². The summed E-state index contributed by atoms with van der Waals surface area (Å²) in [5, 5.41) is 9.98. The van der Waals surface area contributed by atoms with Gasteiger partial charge in [0.05, 0.1) is 5.97 Å². The fourth-order valence-corrected chi connectivity index (χ4v) is 1.22. The number of hydrogen-bond donors (Lipinski definition) is 0. The molecule has 76 valence electrons. The van der Waals surface area contributed by atoms with E-state index in [9.17, 15) is 9.90 Å². The molecule has 0 amide bonds. The molecule has 0 saturated carbocycles. The molecule has 0 unspecified atom stereocenters. The van der Waals surface area contributed by atoms with Gasteiger partial charge >= 0.3 is 0 Å². The third-order valence-electron chi connectivity index (χ3n) is 1.98. The van der Waals surface area contributed by atoms with Crippen molar-refractivity contribution in [3.8, 4) is 0 Å². The van der Waals surface area contributed by atoms with Gasteiger partial charge in [0.15, 0.2) is 0 Å². The molecule has 0 rings (SSSR count). The predicted octanol–water partition coefficient (Wildman–Crippen LogP) is 2.04. The molecule has 0 aromatic rings. The van der Waals surface area contributed by atoms with Crippen LogP contribution in [-0.2, 0) is 4.79 Å². The average molecular weight is 183 g/mol. The van der Waals surface area contributed by atoms with Crippen LogP contribution in [0.4, 0.5) is 0 Å². The Labute approximate surface area is 80.7 Å². The lowest BCUT2D eigenvalue weighted by Gasteiger charge is -1.97. The van der Waals surface area contributed by atoms with E-state index in [4.69, 9.17) is 0 Å². The van der Waals surface area contributed by atoms with Crippen molar-refractivity contribution in [3.63, 3.8) is 0 Å². The molecule has 2 nitrogen and oxygen atoms in total. The molecule has 0 aromatic heterocycles. The van der Waals surface area contributed by atoms with Gasteiger partial charge in [-0.3, -0.25) is 0 Å². The molecule has 0 atom stereocenters. The van der Waals surface area contributed by atoms with Crippen molar-refractivity contribution in [2.45, 2.75) is 51.9 Å². The van der Waals surface area contributed by atoms with Crippen LogP contribution in [0, 0.1) is 0 Å². The molecule has 0 N–H and O–H groups in total. The zero-order chi connectivity index (χ0) is 9.94. The average Bonchev–Trinajstić information content (AvgIpc) is 2.09. The summed E-state index contributed by atoms with van der Waals surface area (Å²) >= 11 is 0. The Morgan fingerprint density at radius 3 is 2.38 bits per heavy atom. The van der Waals surface area contributed by atoms with Crippen molar-refractivity contribution in [1.29, 1.82) is 0 Å². The summed E-state index contributed by atoms with van der Waals surface area (Å²) in [5.74, 6) is -1.09. The summed E-state index contributed by atoms with van der Waals surface area (Å²) in [6.07, 6.45) is 11.1. The first kappa shape index (κ1) is 12.2. The van der Waals surface area contributed by atoms with Gasteiger partial charge in [-0.05, 0) is 18.9 Å². The van der Waals surface area contributed by atoms with Crippen LogP contribution in [0.5, 0.6) is 0 Å². The van der Waals surface area contributed by atoms with E-state index in [1.807, 2.05) is 0 Å². The lowest BCUT2D eigenvalue weighted by Crippen LogP contribution is -2.18. The van der Waals surface area contributed by atoms with E-state index in [-0.39, 0.29) is 0 Å². The number of allylic oxidation sites excluding steroid dienone is 1. The van der Waals surface area contributed by atoms with Gasteiger partial charge in [0.1, 0.15) is 0 Å². The second-order valence-electron chi connectivity index (χ2n) is 3.28. The lowest BCUT2D eigenvalue weighted by molar-refractivity contribution is -0.297. The van der Waals surface area contributed by atoms with E-state index < -0.39 is 5.97 Å². The highest BCUT2D eigenvalue weighted by molar-refractivity contribution is 5.77. The molecule has 0 aliphatic carbocycles. The number of carboxylic acids is 1. The van der Waals surface area contributed by atoms with Crippen LogP contribution in [-0.4, -0.2) is 5.97 Å². The Morgan fingerprint density at radius 2 is 1.77 bits per heavy atom. The fourth-order valence-electron chi connectivity index (χ4n) is 1.22. The van der Waals surface area contributed by atoms with E-state index in [1.165, 1.54) is 32.1 Å². The molecule has 0 saturated heterocycles. The number of aliphatic carboxylic acids is 1. The van der Waals surface area contributed by atoms with Crippen molar-refractivity contribution in [3.05, 3.63) is 12.2 Å². The van der Waals surface area contributed by atoms with Gasteiger partial charge in [-0.15, -0.1) is 0 Å². The largest absolute Gasteiger partial charge is 0.545 e. The van der Waals surface area contributed by atoms with Gasteiger partial charge in [-0.1, -0.05) is 45.1 Å². The highest BCUT2D eigenvalue weighted by Crippen LogP contribution is 2.06. The van der Waals surface area contributed by atoms with Gasteiger partial charge in [0.25, 0.3) is 0 Å². The number of unbranched alkanes of at least 4 members (excludes halogenated alkanes) is 6. The predicted molar refractivity (Wildman–Crippen MR) is 52.1 cm³/mol. The molecule has 0 aromatic carbocycles. The van der Waals surface area contributed by atoms with Crippen molar-refractivity contribution in [2.75, 3.05) is 0 Å². The molecule has 0 spiro atoms. The number of carboxylic acid groups (broad SMARTS) is 1. The molecule has 0 heterocycles. The van der Waals surface area contributed by atoms with Crippen molar-refractivity contribution in [1.82, 2.24) is 0 Å². The molecular formula is C11H19O2-. The van der Waals surface area contributed by atoms with Gasteiger partial charge in [-0.2, -0.15) is 0 Å². The van der Waals surface area contributed by atoms with E-state index in [2.05, 4.69) is 6.92 Å². The minimum absolute atomic E-state index is 0.861. The minimum atomic E-state index is -1.09. The summed E-state index contributed by atoms with van der Waals surface area (Å²) in [4.78, 5) is 9.98. The van der Waals surface area contributed by atoms with Gasteiger partial charge in [-0.25, -0.2) is 0 Å². The number of carbonyl (C=O) groups excluding carboxylic acids is 1. The Balaban J connectivity index is 3.03. The van der Waals surface area contributed by atoms with Crippen LogP contribution >= 0.6 is 0 Å². The van der Waals surface area contributed by atoms with Crippen molar-refractivity contribution >= 4 is 5.97 Å². The summed E-state index contributed by atoms with van der Waals surface area (Å²) in [6, 6.07) is 0. The SMILES string of the molecule is CCCCCCCC/C=C/C(=O)[O-]. The molecule has 0 aliphatic heterocycles. The first-order valence-electron chi connectivity index (χ1n) is 5.15. The Kier molecular flexibility index (Phi) is 8.73. The summed E-state index contributed by atoms with van der Waals surface area (Å²) in [7, 11) is 0. The van der Waals surface area contributed by atoms with E-state index in [1.54, 1.807) is 6.08 Å². The molecular weight excluding hydrogens is 164 g/mol. The van der Waals surface area contributed by atoms with E-state index in [0.29, 0.717) is 0 Å². The quantitative estimate of drug-likeness (QED) is 0.427. The van der Waals surface area contributed by atoms with Gasteiger partial charge < -0.3 is 9.90 Å². The maximum absolute atomic E-state index is 9.98. The highest BCUT2D eigenvalue weighted by Gasteiger charge is 1.87. The maximum Gasteiger partial charge on any atom is 0.0639 e. The molecule has 0 radical (unpaired) electrons. The number of hydrogen-bond acceptors (Lipinski definition) is 2. The summed E-state index contributed by atoms with van der Waals surface area (Å²) in [6.45, 7) is 2.20. The van der Waals surface area contributed by atoms with Crippen LogP contribution in [0.25, 0.3) is 0 Å². The number of rotatable bonds is 8. The molecule has 13 heavy (non-hydrogen) atoms. The summed E-state index contributed by atoms with van der Waals surface area (Å²) in [5.41, 5.74) is 0. The lowest BCUT2D eigenvalue weighted by atomic mass is 10.1. The third-order valence-corrected chi connectivity index (χ3v) is 1.98. The highest BCUT2D eigenvalue weighted by atomic mass is 16.4. The third kappa shape index (κ3) is 11.2. The summed E-state index contributed by atoms with van der Waals surface area (Å²) < 4.78 is 0. The van der Waals surface area contributed by atoms with Crippen LogP contribution < -0.4 is 5.11 Å². The zero-order valence-electron chi connectivity index (χ0n) is 8.42. The maximum atomic E-state index is 9.98. The first-order chi connectivity index (χ1) is 6.27. The smallest absolute Gasteiger partial charge is 0.0639 e. The van der Waals surface area contributed by atoms with Crippen molar-refractivity contribution in [2.24, 2.45) is 0 Å². The van der Waals surface area contributed by atoms with Crippen LogP contribution in [0.15, 0.2) is 12.2 Å². The normalized spacial score (nSPS) is 10.8. The fraction of sp³-hybridized carbons (Fsp3) is 0.727. The van der Waals surface area contributed by atoms with Crippen LogP contribution in [0.1, 0.15) is 51.9 Å². The van der Waals surface area contributed by atoms with Gasteiger partial charge in [0.2, 0.25) is 0 Å². The second-order valence-corrected chi connectivity index (χ2v) is 3.28. The topological polar surface area (TPSA) is 40.1 Å². The second kappa shape index (κ2) is 9.30. The molecule has 0 bridgehead atoms. The van der Waals surface area contributed by atoms with Crippen LogP contribution in [0.2, 0.25) is 0 Å². The first-order valence-corrected chi connectivity index (χ1v) is 5.15. The van der Waals surface area contributed by atoms with Gasteiger partial charge in [0, 0.05) is 0 Å². The number of carbonyl (C=O) groups is 1. The van der Waals surface area contributed by atoms with Crippen LogP contribution in [0.3, 0.4) is 0 Å². The Morgan fingerprint density at radius 1 is 1.15 bits per heavy atom. The van der Waals surface area contributed by atoms with E-state index in [0.717, 1.165) is 18.9 Å². The minimum Gasteiger partial charge on any atom is -0.545 e. The molecule has 0 aliphatic rings.